The van der Waals surface area contributed by atoms with Gasteiger partial charge in [-0.05, 0) is 23.1 Å². The molecular weight excluding hydrogens is 184 g/mol. The van der Waals surface area contributed by atoms with Gasteiger partial charge < -0.3 is 5.11 Å². The van der Waals surface area contributed by atoms with Crippen LogP contribution in [0.15, 0.2) is 24.3 Å². The minimum Gasteiger partial charge on any atom is -0.400 e. The first-order valence-corrected chi connectivity index (χ1v) is 4.59. The first kappa shape index (κ1) is 12.5. The van der Waals surface area contributed by atoms with E-state index in [0.29, 0.717) is 0 Å². The molecule has 0 saturated carbocycles. The molecule has 1 aromatic rings. The number of rotatable bonds is 0. The van der Waals surface area contributed by atoms with Gasteiger partial charge in [-0.25, -0.2) is 0 Å². The maximum absolute atomic E-state index is 7.00. The first-order valence-electron chi connectivity index (χ1n) is 4.21. The van der Waals surface area contributed by atoms with Crippen molar-refractivity contribution in [1.82, 2.24) is 0 Å². The molecule has 0 aromatic heterocycles. The summed E-state index contributed by atoms with van der Waals surface area (Å²) >= 11 is 5.85. The zero-order valence-corrected chi connectivity index (χ0v) is 9.39. The molecule has 13 heavy (non-hydrogen) atoms. The van der Waals surface area contributed by atoms with Crippen LogP contribution in [0.1, 0.15) is 26.3 Å². The quantitative estimate of drug-likeness (QED) is 0.682. The van der Waals surface area contributed by atoms with E-state index < -0.39 is 0 Å². The monoisotopic (exact) mass is 200 g/mol. The van der Waals surface area contributed by atoms with Crippen LogP contribution >= 0.6 is 11.6 Å². The summed E-state index contributed by atoms with van der Waals surface area (Å²) in [4.78, 5) is 0. The van der Waals surface area contributed by atoms with Crippen LogP contribution in [0, 0.1) is 0 Å². The van der Waals surface area contributed by atoms with E-state index in [1.54, 1.807) is 0 Å². The molecular formula is C11H17ClO. The zero-order valence-electron chi connectivity index (χ0n) is 8.63. The van der Waals surface area contributed by atoms with Crippen molar-refractivity contribution in [3.63, 3.8) is 0 Å². The molecule has 1 nitrogen and oxygen atoms in total. The minimum atomic E-state index is 0.199. The van der Waals surface area contributed by atoms with Crippen LogP contribution in [0.4, 0.5) is 0 Å². The summed E-state index contributed by atoms with van der Waals surface area (Å²) in [6, 6.07) is 8.01. The lowest BCUT2D eigenvalue weighted by Crippen LogP contribution is -2.10. The fraction of sp³-hybridized carbons (Fsp3) is 0.455. The molecule has 0 radical (unpaired) electrons. The van der Waals surface area contributed by atoms with E-state index in [0.717, 1.165) is 12.1 Å². The molecule has 0 fully saturated rings. The molecule has 1 N–H and O–H groups in total. The Morgan fingerprint density at radius 2 is 1.69 bits per heavy atom. The summed E-state index contributed by atoms with van der Waals surface area (Å²) in [5.74, 6) is 0. The molecule has 0 spiro atoms. The number of benzene rings is 1. The second kappa shape index (κ2) is 5.25. The van der Waals surface area contributed by atoms with Crippen LogP contribution in [0.2, 0.25) is 5.02 Å². The molecule has 74 valence electrons. The van der Waals surface area contributed by atoms with Crippen LogP contribution in [0.3, 0.4) is 0 Å². The van der Waals surface area contributed by atoms with Gasteiger partial charge in [-0.2, -0.15) is 0 Å². The molecule has 2 heteroatoms. The van der Waals surface area contributed by atoms with Crippen LogP contribution in [-0.4, -0.2) is 12.2 Å². The van der Waals surface area contributed by atoms with Crippen LogP contribution in [0.25, 0.3) is 0 Å². The van der Waals surface area contributed by atoms with Crippen molar-refractivity contribution < 1.29 is 5.11 Å². The molecule has 1 aromatic carbocycles. The number of hydrogen-bond acceptors (Lipinski definition) is 1. The average Bonchev–Trinajstić information content (AvgIpc) is 2.06. The summed E-state index contributed by atoms with van der Waals surface area (Å²) in [6.45, 7) is 6.54. The molecule has 0 heterocycles. The smallest absolute Gasteiger partial charge is 0.0408 e. The third-order valence-corrected chi connectivity index (χ3v) is 1.93. The van der Waals surface area contributed by atoms with Crippen molar-refractivity contribution in [2.45, 2.75) is 26.2 Å². The molecule has 0 aliphatic rings. The zero-order chi connectivity index (χ0) is 10.5. The van der Waals surface area contributed by atoms with Crippen LogP contribution in [-0.2, 0) is 5.41 Å². The van der Waals surface area contributed by atoms with Crippen LogP contribution < -0.4 is 0 Å². The van der Waals surface area contributed by atoms with Gasteiger partial charge >= 0.3 is 0 Å². The fourth-order valence-corrected chi connectivity index (χ4v) is 1.15. The first-order chi connectivity index (χ1) is 6.00. The Morgan fingerprint density at radius 1 is 1.15 bits per heavy atom. The summed E-state index contributed by atoms with van der Waals surface area (Å²) in [5, 5.41) is 7.82. The third kappa shape index (κ3) is 4.30. The highest BCUT2D eigenvalue weighted by Crippen LogP contribution is 2.24. The average molecular weight is 201 g/mol. The molecule has 0 bridgehead atoms. The Morgan fingerprint density at radius 3 is 2.00 bits per heavy atom. The lowest BCUT2D eigenvalue weighted by Gasteiger charge is -2.18. The highest BCUT2D eigenvalue weighted by atomic mass is 35.5. The summed E-state index contributed by atoms with van der Waals surface area (Å²) in [6.07, 6.45) is 0. The van der Waals surface area contributed by atoms with E-state index in [-0.39, 0.29) is 5.41 Å². The molecule has 0 saturated heterocycles. The normalized spacial score (nSPS) is 10.3. The Hall–Kier alpha value is -0.530. The van der Waals surface area contributed by atoms with Crippen LogP contribution in [0.5, 0.6) is 0 Å². The third-order valence-electron chi connectivity index (χ3n) is 1.69. The Labute approximate surface area is 85.4 Å². The molecule has 0 amide bonds. The van der Waals surface area contributed by atoms with E-state index >= 15 is 0 Å². The highest BCUT2D eigenvalue weighted by molar-refractivity contribution is 6.30. The van der Waals surface area contributed by atoms with Crippen molar-refractivity contribution in [3.8, 4) is 0 Å². The van der Waals surface area contributed by atoms with Gasteiger partial charge in [0.1, 0.15) is 0 Å². The number of hydrogen-bond donors (Lipinski definition) is 1. The summed E-state index contributed by atoms with van der Waals surface area (Å²) < 4.78 is 0. The van der Waals surface area contributed by atoms with Crippen molar-refractivity contribution >= 4 is 11.6 Å². The lowest BCUT2D eigenvalue weighted by atomic mass is 9.87. The topological polar surface area (TPSA) is 20.2 Å². The van der Waals surface area contributed by atoms with Gasteiger partial charge in [-0.1, -0.05) is 44.5 Å². The minimum absolute atomic E-state index is 0.199. The SMILES string of the molecule is CC(C)(C)c1cccc(Cl)c1.CO. The summed E-state index contributed by atoms with van der Waals surface area (Å²) in [5.41, 5.74) is 1.48. The van der Waals surface area contributed by atoms with Crippen molar-refractivity contribution in [2.75, 3.05) is 7.11 Å². The van der Waals surface area contributed by atoms with Gasteiger partial charge in [0.15, 0.2) is 0 Å². The number of aliphatic hydroxyl groups excluding tert-OH is 1. The Bertz CT molecular complexity index is 251. The van der Waals surface area contributed by atoms with E-state index in [2.05, 4.69) is 26.8 Å². The maximum atomic E-state index is 7.00. The van der Waals surface area contributed by atoms with Crippen molar-refractivity contribution in [2.24, 2.45) is 0 Å². The molecule has 1 rings (SSSR count). The fourth-order valence-electron chi connectivity index (χ4n) is 0.955. The lowest BCUT2D eigenvalue weighted by molar-refractivity contribution is 0.399. The Balaban J connectivity index is 0.000000671. The van der Waals surface area contributed by atoms with Gasteiger partial charge in [0.25, 0.3) is 0 Å². The van der Waals surface area contributed by atoms with E-state index in [9.17, 15) is 0 Å². The van der Waals surface area contributed by atoms with Gasteiger partial charge in [-0.3, -0.25) is 0 Å². The van der Waals surface area contributed by atoms with E-state index in [4.69, 9.17) is 16.7 Å². The maximum Gasteiger partial charge on any atom is 0.0408 e. The van der Waals surface area contributed by atoms with E-state index in [1.807, 2.05) is 18.2 Å². The predicted octanol–water partition coefficient (Wildman–Crippen LogP) is 3.25. The summed E-state index contributed by atoms with van der Waals surface area (Å²) in [7, 11) is 1.00. The number of halogens is 1. The van der Waals surface area contributed by atoms with Gasteiger partial charge in [-0.15, -0.1) is 0 Å². The Kier molecular flexibility index (Phi) is 5.04. The second-order valence-electron chi connectivity index (χ2n) is 3.76. The van der Waals surface area contributed by atoms with Gasteiger partial charge in [0.2, 0.25) is 0 Å². The van der Waals surface area contributed by atoms with Gasteiger partial charge in [0, 0.05) is 12.1 Å². The van der Waals surface area contributed by atoms with Crippen molar-refractivity contribution in [3.05, 3.63) is 34.9 Å². The largest absolute Gasteiger partial charge is 0.400 e. The second-order valence-corrected chi connectivity index (χ2v) is 4.20. The molecule has 0 unspecified atom stereocenters. The highest BCUT2D eigenvalue weighted by Gasteiger charge is 2.12. The van der Waals surface area contributed by atoms with Gasteiger partial charge in [0.05, 0.1) is 0 Å². The standard InChI is InChI=1S/C10H13Cl.CH4O/c1-10(2,3)8-5-4-6-9(11)7-8;1-2/h4-7H,1-3H3;2H,1H3. The molecule has 0 aliphatic heterocycles. The number of aliphatic hydroxyl groups is 1. The van der Waals surface area contributed by atoms with E-state index in [1.165, 1.54) is 5.56 Å². The molecule has 0 atom stereocenters. The molecule has 0 aliphatic carbocycles. The van der Waals surface area contributed by atoms with Crippen molar-refractivity contribution in [1.29, 1.82) is 0 Å². The predicted molar refractivity (Wildman–Crippen MR) is 58.3 cm³/mol.